The maximum atomic E-state index is 5.81. The second-order valence-electron chi connectivity index (χ2n) is 5.94. The van der Waals surface area contributed by atoms with Crippen molar-refractivity contribution in [2.45, 2.75) is 32.8 Å². The van der Waals surface area contributed by atoms with E-state index in [-0.39, 0.29) is 5.60 Å². The van der Waals surface area contributed by atoms with Gasteiger partial charge in [-0.3, -0.25) is 0 Å². The Kier molecular flexibility index (Phi) is 3.75. The van der Waals surface area contributed by atoms with E-state index in [1.165, 1.54) is 4.88 Å². The van der Waals surface area contributed by atoms with Crippen LogP contribution in [0.4, 0.5) is 11.8 Å². The van der Waals surface area contributed by atoms with Crippen LogP contribution in [0.3, 0.4) is 0 Å². The first-order valence-corrected chi connectivity index (χ1v) is 8.21. The highest BCUT2D eigenvalue weighted by atomic mass is 32.1. The zero-order chi connectivity index (χ0) is 15.0. The third-order valence-electron chi connectivity index (χ3n) is 3.72. The Morgan fingerprint density at radius 3 is 2.90 bits per heavy atom. The third-order valence-corrected chi connectivity index (χ3v) is 4.89. The van der Waals surface area contributed by atoms with Gasteiger partial charge in [0.25, 0.3) is 0 Å². The topological polar surface area (TPSA) is 50.3 Å². The lowest BCUT2D eigenvalue weighted by molar-refractivity contribution is -0.0278. The third kappa shape index (κ3) is 2.82. The predicted octanol–water partition coefficient (Wildman–Crippen LogP) is 2.91. The van der Waals surface area contributed by atoms with Crippen LogP contribution in [0.1, 0.15) is 25.6 Å². The fourth-order valence-electron chi connectivity index (χ4n) is 2.68. The van der Waals surface area contributed by atoms with Gasteiger partial charge in [0.2, 0.25) is 5.95 Å². The number of aromatic nitrogens is 2. The van der Waals surface area contributed by atoms with E-state index < -0.39 is 0 Å². The lowest BCUT2D eigenvalue weighted by Gasteiger charge is -2.39. The van der Waals surface area contributed by atoms with Crippen LogP contribution in [0.5, 0.6) is 0 Å². The first kappa shape index (κ1) is 14.5. The highest BCUT2D eigenvalue weighted by molar-refractivity contribution is 7.18. The molecule has 2 aromatic heterocycles. The largest absolute Gasteiger partial charge is 0.372 e. The number of thiophene rings is 1. The van der Waals surface area contributed by atoms with Gasteiger partial charge in [0.15, 0.2) is 0 Å². The molecule has 0 amide bonds. The molecule has 0 spiro atoms. The highest BCUT2D eigenvalue weighted by Crippen LogP contribution is 2.34. The molecule has 114 valence electrons. The number of nitrogens with one attached hydrogen (secondary N) is 1. The molecule has 1 aliphatic rings. The van der Waals surface area contributed by atoms with E-state index in [9.17, 15) is 0 Å². The molecule has 1 aliphatic heterocycles. The second-order valence-corrected chi connectivity index (χ2v) is 7.05. The molecule has 1 fully saturated rings. The van der Waals surface area contributed by atoms with E-state index in [4.69, 9.17) is 9.72 Å². The fourth-order valence-corrected chi connectivity index (χ4v) is 3.64. The number of nitrogens with zero attached hydrogens (tertiary/aromatic N) is 3. The summed E-state index contributed by atoms with van der Waals surface area (Å²) in [7, 11) is 1.86. The molecule has 2 aromatic rings. The molecule has 6 heteroatoms. The van der Waals surface area contributed by atoms with Crippen molar-refractivity contribution in [3.63, 3.8) is 0 Å². The molecule has 3 heterocycles. The molecular weight excluding hydrogens is 284 g/mol. The second kappa shape index (κ2) is 5.42. The molecule has 21 heavy (non-hydrogen) atoms. The average Bonchev–Trinajstić information content (AvgIpc) is 2.88. The summed E-state index contributed by atoms with van der Waals surface area (Å²) in [6.07, 6.45) is 1.03. The SMILES string of the molecule is CCc1cc2c(N3CCOC(C)(C)C3)nc(NC)nc2s1. The minimum absolute atomic E-state index is 0.140. The van der Waals surface area contributed by atoms with Crippen molar-refractivity contribution in [2.24, 2.45) is 0 Å². The number of hydrogen-bond donors (Lipinski definition) is 1. The van der Waals surface area contributed by atoms with Crippen LogP contribution in [-0.2, 0) is 11.2 Å². The van der Waals surface area contributed by atoms with Crippen LogP contribution >= 0.6 is 11.3 Å². The lowest BCUT2D eigenvalue weighted by Crippen LogP contribution is -2.48. The maximum Gasteiger partial charge on any atom is 0.225 e. The Morgan fingerprint density at radius 1 is 1.43 bits per heavy atom. The normalized spacial score (nSPS) is 18.2. The molecule has 0 atom stereocenters. The molecule has 0 bridgehead atoms. The van der Waals surface area contributed by atoms with Crippen molar-refractivity contribution in [3.05, 3.63) is 10.9 Å². The summed E-state index contributed by atoms with van der Waals surface area (Å²) in [4.78, 5) is 14.0. The van der Waals surface area contributed by atoms with Crippen LogP contribution in [-0.4, -0.2) is 42.3 Å². The molecule has 0 radical (unpaired) electrons. The summed E-state index contributed by atoms with van der Waals surface area (Å²) in [5, 5.41) is 4.23. The molecule has 0 unspecified atom stereocenters. The van der Waals surface area contributed by atoms with Gasteiger partial charge in [0, 0.05) is 25.0 Å². The number of fused-ring (bicyclic) bond motifs is 1. The van der Waals surface area contributed by atoms with Crippen LogP contribution in [0.2, 0.25) is 0 Å². The van der Waals surface area contributed by atoms with Crippen molar-refractivity contribution in [1.82, 2.24) is 9.97 Å². The number of ether oxygens (including phenoxy) is 1. The summed E-state index contributed by atoms with van der Waals surface area (Å²) in [6, 6.07) is 2.23. The van der Waals surface area contributed by atoms with E-state index in [1.54, 1.807) is 11.3 Å². The Morgan fingerprint density at radius 2 is 2.24 bits per heavy atom. The van der Waals surface area contributed by atoms with E-state index in [0.717, 1.165) is 42.2 Å². The standard InChI is InChI=1S/C15H22N4OS/c1-5-10-8-11-12(17-14(16-4)18-13(11)21-10)19-6-7-20-15(2,3)9-19/h8H,5-7,9H2,1-4H3,(H,16,17,18). The number of morpholine rings is 1. The minimum atomic E-state index is -0.140. The number of aryl methyl sites for hydroxylation is 1. The number of rotatable bonds is 3. The van der Waals surface area contributed by atoms with Crippen LogP contribution in [0.25, 0.3) is 10.2 Å². The predicted molar refractivity (Wildman–Crippen MR) is 88.6 cm³/mol. The molecule has 1 saturated heterocycles. The van der Waals surface area contributed by atoms with Gasteiger partial charge >= 0.3 is 0 Å². The van der Waals surface area contributed by atoms with E-state index in [0.29, 0.717) is 5.95 Å². The van der Waals surface area contributed by atoms with Crippen LogP contribution < -0.4 is 10.2 Å². The first-order valence-electron chi connectivity index (χ1n) is 7.39. The first-order chi connectivity index (χ1) is 10.0. The monoisotopic (exact) mass is 306 g/mol. The van der Waals surface area contributed by atoms with Crippen molar-refractivity contribution in [2.75, 3.05) is 37.0 Å². The molecule has 0 saturated carbocycles. The van der Waals surface area contributed by atoms with Crippen molar-refractivity contribution in [3.8, 4) is 0 Å². The Labute approximate surface area is 129 Å². The van der Waals surface area contributed by atoms with Crippen molar-refractivity contribution in [1.29, 1.82) is 0 Å². The quantitative estimate of drug-likeness (QED) is 0.945. The molecule has 0 aromatic carbocycles. The molecule has 5 nitrogen and oxygen atoms in total. The Hall–Kier alpha value is -1.40. The van der Waals surface area contributed by atoms with Crippen LogP contribution in [0, 0.1) is 0 Å². The molecule has 0 aliphatic carbocycles. The summed E-state index contributed by atoms with van der Waals surface area (Å²) >= 11 is 1.76. The lowest BCUT2D eigenvalue weighted by atomic mass is 10.1. The van der Waals surface area contributed by atoms with E-state index in [1.807, 2.05) is 7.05 Å². The minimum Gasteiger partial charge on any atom is -0.372 e. The fraction of sp³-hybridized carbons (Fsp3) is 0.600. The average molecular weight is 306 g/mol. The summed E-state index contributed by atoms with van der Waals surface area (Å²) in [5.41, 5.74) is -0.140. The highest BCUT2D eigenvalue weighted by Gasteiger charge is 2.29. The van der Waals surface area contributed by atoms with Gasteiger partial charge in [-0.15, -0.1) is 11.3 Å². The van der Waals surface area contributed by atoms with Gasteiger partial charge in [0.1, 0.15) is 10.6 Å². The summed E-state index contributed by atoms with van der Waals surface area (Å²) in [6.45, 7) is 8.88. The molecular formula is C15H22N4OS. The zero-order valence-electron chi connectivity index (χ0n) is 13.1. The van der Waals surface area contributed by atoms with Gasteiger partial charge in [-0.05, 0) is 26.3 Å². The van der Waals surface area contributed by atoms with Gasteiger partial charge in [-0.25, -0.2) is 4.98 Å². The zero-order valence-corrected chi connectivity index (χ0v) is 13.9. The van der Waals surface area contributed by atoms with Crippen molar-refractivity contribution >= 4 is 33.3 Å². The number of hydrogen-bond acceptors (Lipinski definition) is 6. The van der Waals surface area contributed by atoms with Crippen LogP contribution in [0.15, 0.2) is 6.07 Å². The van der Waals surface area contributed by atoms with Gasteiger partial charge in [0.05, 0.1) is 17.6 Å². The van der Waals surface area contributed by atoms with E-state index in [2.05, 4.69) is 42.0 Å². The summed E-state index contributed by atoms with van der Waals surface area (Å²) < 4.78 is 5.81. The molecule has 1 N–H and O–H groups in total. The Bertz CT molecular complexity index is 652. The van der Waals surface area contributed by atoms with Gasteiger partial charge in [-0.2, -0.15) is 4.98 Å². The smallest absolute Gasteiger partial charge is 0.225 e. The summed E-state index contributed by atoms with van der Waals surface area (Å²) in [5.74, 6) is 1.71. The van der Waals surface area contributed by atoms with Gasteiger partial charge in [-0.1, -0.05) is 6.92 Å². The van der Waals surface area contributed by atoms with Crippen molar-refractivity contribution < 1.29 is 4.74 Å². The van der Waals surface area contributed by atoms with Gasteiger partial charge < -0.3 is 15.0 Å². The Balaban J connectivity index is 2.09. The van der Waals surface area contributed by atoms with E-state index >= 15 is 0 Å². The maximum absolute atomic E-state index is 5.81. The molecule has 3 rings (SSSR count). The number of anilines is 2.